The number of aromatic nitrogens is 1. The highest BCUT2D eigenvalue weighted by Crippen LogP contribution is 2.43. The second-order valence-corrected chi connectivity index (χ2v) is 17.3. The quantitative estimate of drug-likeness (QED) is 0.106. The Morgan fingerprint density at radius 1 is 0.655 bits per heavy atom. The minimum absolute atomic E-state index is 0.0898. The van der Waals surface area contributed by atoms with Crippen molar-refractivity contribution in [1.29, 1.82) is 0 Å². The first-order valence-electron chi connectivity index (χ1n) is 19.7. The van der Waals surface area contributed by atoms with Crippen LogP contribution in [0.5, 0.6) is 0 Å². The highest BCUT2D eigenvalue weighted by atomic mass is 19.4. The van der Waals surface area contributed by atoms with E-state index < -0.39 is 26.0 Å². The highest BCUT2D eigenvalue weighted by Gasteiger charge is 2.42. The van der Waals surface area contributed by atoms with Gasteiger partial charge in [-0.2, -0.15) is 13.2 Å². The lowest BCUT2D eigenvalue weighted by atomic mass is 9.71. The molecule has 3 nitrogen and oxygen atoms in total. The molecular weight excluding hydrogens is 731 g/mol. The standard InChI is InChI=1S/C50H49BF4N2O/c1-32-18-20-36(21-19-32)46-41-17-13-12-16-40(41)45(56-46)33(2)47-42(34-22-26-37(27-23-34)48(3,4)5)30-43(35-24-28-38(29-25-35)49(6,7)8)57(47)51(39-14-10-9-11-15-39)58-31-44(52)50(53,54)55/h9-30,44H,31H2,1-8H3/b45-33-. The number of rotatable bonds is 9. The first-order valence-corrected chi connectivity index (χ1v) is 19.7. The van der Waals surface area contributed by atoms with Crippen molar-refractivity contribution in [1.82, 2.24) is 4.48 Å². The van der Waals surface area contributed by atoms with Crippen molar-refractivity contribution < 1.29 is 22.2 Å². The minimum Gasteiger partial charge on any atom is -0.409 e. The van der Waals surface area contributed by atoms with Gasteiger partial charge in [0, 0.05) is 33.6 Å². The molecule has 6 aromatic rings. The molecule has 2 heterocycles. The van der Waals surface area contributed by atoms with Crippen molar-refractivity contribution >= 4 is 29.5 Å². The number of aliphatic imine (C=N–C) groups is 1. The lowest BCUT2D eigenvalue weighted by molar-refractivity contribution is -0.187. The molecule has 0 fully saturated rings. The van der Waals surface area contributed by atoms with Crippen LogP contribution in [0.15, 0.2) is 138 Å². The molecule has 0 radical (unpaired) electrons. The molecule has 1 atom stereocenters. The molecule has 8 heteroatoms. The van der Waals surface area contributed by atoms with Crippen LogP contribution < -0.4 is 5.46 Å². The smallest absolute Gasteiger partial charge is 0.409 e. The van der Waals surface area contributed by atoms with Gasteiger partial charge >= 0.3 is 13.2 Å². The van der Waals surface area contributed by atoms with Crippen LogP contribution in [0.3, 0.4) is 0 Å². The van der Waals surface area contributed by atoms with E-state index in [1.54, 1.807) is 12.1 Å². The second kappa shape index (κ2) is 15.7. The zero-order chi connectivity index (χ0) is 41.6. The molecule has 0 aliphatic carbocycles. The summed E-state index contributed by atoms with van der Waals surface area (Å²) in [5, 5.41) is 0. The van der Waals surface area contributed by atoms with Gasteiger partial charge in [-0.25, -0.2) is 9.38 Å². The van der Waals surface area contributed by atoms with E-state index in [1.165, 1.54) is 0 Å². The average molecular weight is 781 g/mol. The van der Waals surface area contributed by atoms with Gasteiger partial charge in [0.05, 0.1) is 18.0 Å². The molecule has 0 N–H and O–H groups in total. The van der Waals surface area contributed by atoms with Crippen molar-refractivity contribution in [2.24, 2.45) is 4.99 Å². The van der Waals surface area contributed by atoms with E-state index in [0.29, 0.717) is 16.9 Å². The Morgan fingerprint density at radius 2 is 1.17 bits per heavy atom. The summed E-state index contributed by atoms with van der Waals surface area (Å²) in [6.45, 7) is 15.8. The van der Waals surface area contributed by atoms with Gasteiger partial charge in [-0.05, 0) is 64.0 Å². The van der Waals surface area contributed by atoms with Crippen molar-refractivity contribution in [3.8, 4) is 22.4 Å². The van der Waals surface area contributed by atoms with Crippen LogP contribution in [0, 0.1) is 6.92 Å². The molecule has 1 aliphatic rings. The predicted molar refractivity (Wildman–Crippen MR) is 233 cm³/mol. The van der Waals surface area contributed by atoms with Gasteiger partial charge in [0.15, 0.2) is 0 Å². The van der Waals surface area contributed by atoms with Gasteiger partial charge < -0.3 is 9.13 Å². The lowest BCUT2D eigenvalue weighted by Crippen LogP contribution is -2.45. The summed E-state index contributed by atoms with van der Waals surface area (Å²) in [6, 6.07) is 44.2. The molecule has 0 saturated heterocycles. The first-order chi connectivity index (χ1) is 27.4. The molecule has 0 amide bonds. The van der Waals surface area contributed by atoms with E-state index in [9.17, 15) is 17.6 Å². The summed E-state index contributed by atoms with van der Waals surface area (Å²) in [4.78, 5) is 5.35. The number of benzene rings is 5. The Bertz CT molecular complexity index is 2470. The zero-order valence-electron chi connectivity index (χ0n) is 34.4. The highest BCUT2D eigenvalue weighted by molar-refractivity contribution is 6.66. The molecule has 0 bridgehead atoms. The molecule has 0 spiro atoms. The monoisotopic (exact) mass is 780 g/mol. The Balaban J connectivity index is 1.57. The summed E-state index contributed by atoms with van der Waals surface area (Å²) in [5.41, 5.74) is 13.0. The third kappa shape index (κ3) is 8.26. The fraction of sp³-hybridized carbons (Fsp3) is 0.260. The second-order valence-electron chi connectivity index (χ2n) is 17.3. The van der Waals surface area contributed by atoms with Crippen molar-refractivity contribution in [3.05, 3.63) is 173 Å². The van der Waals surface area contributed by atoms with Crippen molar-refractivity contribution in [3.63, 3.8) is 0 Å². The number of aryl methyl sites for hydroxylation is 1. The minimum atomic E-state index is -5.08. The largest absolute Gasteiger partial charge is 0.456 e. The molecule has 5 aromatic carbocycles. The van der Waals surface area contributed by atoms with Crippen LogP contribution in [0.2, 0.25) is 0 Å². The fourth-order valence-electron chi connectivity index (χ4n) is 7.55. The van der Waals surface area contributed by atoms with E-state index in [4.69, 9.17) is 9.65 Å². The van der Waals surface area contributed by atoms with Crippen LogP contribution in [0.4, 0.5) is 17.6 Å². The van der Waals surface area contributed by atoms with Gasteiger partial charge in [-0.3, -0.25) is 0 Å². The zero-order valence-corrected chi connectivity index (χ0v) is 34.4. The Hall–Kier alpha value is -5.47. The van der Waals surface area contributed by atoms with Gasteiger partial charge in [-0.1, -0.05) is 174 Å². The van der Waals surface area contributed by atoms with Gasteiger partial charge in [0.2, 0.25) is 6.17 Å². The van der Waals surface area contributed by atoms with E-state index in [0.717, 1.165) is 67.1 Å². The number of halogens is 4. The van der Waals surface area contributed by atoms with Gasteiger partial charge in [0.25, 0.3) is 0 Å². The Labute approximate surface area is 340 Å². The molecule has 1 unspecified atom stereocenters. The number of fused-ring (bicyclic) bond motifs is 1. The van der Waals surface area contributed by atoms with E-state index in [1.807, 2.05) is 60.8 Å². The third-order valence-electron chi connectivity index (χ3n) is 10.9. The fourth-order valence-corrected chi connectivity index (χ4v) is 7.55. The Morgan fingerprint density at radius 3 is 1.72 bits per heavy atom. The van der Waals surface area contributed by atoms with Crippen LogP contribution in [0.1, 0.15) is 87.5 Å². The normalized spacial score (nSPS) is 14.6. The third-order valence-corrected chi connectivity index (χ3v) is 10.9. The van der Waals surface area contributed by atoms with Crippen LogP contribution in [-0.4, -0.2) is 36.2 Å². The number of hydrogen-bond donors (Lipinski definition) is 0. The maximum Gasteiger partial charge on any atom is 0.456 e. The van der Waals surface area contributed by atoms with Crippen molar-refractivity contribution in [2.75, 3.05) is 6.61 Å². The summed E-state index contributed by atoms with van der Waals surface area (Å²) in [6.07, 6.45) is -8.27. The SMILES string of the molecule is C/C(=C1/N=C(c2ccc(C)cc2)c2ccccc21)c1c(-c2ccc(C(C)(C)C)cc2)cc(-c2ccc(C(C)(C)C)cc2)n1B(OCC(F)C(F)(F)F)c1ccccc1. The predicted octanol–water partition coefficient (Wildman–Crippen LogP) is 12.6. The summed E-state index contributed by atoms with van der Waals surface area (Å²) >= 11 is 0. The average Bonchev–Trinajstić information content (AvgIpc) is 3.78. The number of nitrogens with zero attached hydrogens (tertiary/aromatic N) is 2. The van der Waals surface area contributed by atoms with E-state index in [-0.39, 0.29) is 10.8 Å². The number of allylic oxidation sites excluding steroid dienone is 1. The summed E-state index contributed by atoms with van der Waals surface area (Å²) in [7, 11) is -1.15. The van der Waals surface area contributed by atoms with Crippen LogP contribution in [0.25, 0.3) is 33.7 Å². The summed E-state index contributed by atoms with van der Waals surface area (Å²) in [5.74, 6) is 0. The van der Waals surface area contributed by atoms with Crippen LogP contribution >= 0.6 is 0 Å². The topological polar surface area (TPSA) is 26.5 Å². The number of alkyl halides is 4. The van der Waals surface area contributed by atoms with Gasteiger partial charge in [0.1, 0.15) is 0 Å². The molecule has 0 saturated carbocycles. The molecule has 1 aliphatic heterocycles. The molecule has 296 valence electrons. The van der Waals surface area contributed by atoms with E-state index >= 15 is 0 Å². The first kappa shape index (κ1) is 40.7. The van der Waals surface area contributed by atoms with Gasteiger partial charge in [-0.15, -0.1) is 0 Å². The molecule has 7 rings (SSSR count). The summed E-state index contributed by atoms with van der Waals surface area (Å²) < 4.78 is 64.4. The molecule has 58 heavy (non-hydrogen) atoms. The Kier molecular flexibility index (Phi) is 11.0. The maximum absolute atomic E-state index is 14.9. The lowest BCUT2D eigenvalue weighted by Gasteiger charge is -2.25. The number of hydrogen-bond acceptors (Lipinski definition) is 2. The van der Waals surface area contributed by atoms with Crippen LogP contribution in [-0.2, 0) is 15.5 Å². The van der Waals surface area contributed by atoms with E-state index in [2.05, 4.69) is 120 Å². The maximum atomic E-state index is 14.9. The van der Waals surface area contributed by atoms with Crippen molar-refractivity contribution in [2.45, 2.75) is 78.6 Å². The molecule has 1 aromatic heterocycles. The molecular formula is C50H49BF4N2O.